The van der Waals surface area contributed by atoms with Crippen LogP contribution in [0.2, 0.25) is 5.02 Å². The van der Waals surface area contributed by atoms with Gasteiger partial charge in [-0.05, 0) is 48.5 Å². The second-order valence-electron chi connectivity index (χ2n) is 6.02. The number of hydrogen-bond acceptors (Lipinski definition) is 6. The fourth-order valence-electron chi connectivity index (χ4n) is 2.65. The predicted octanol–water partition coefficient (Wildman–Crippen LogP) is 5.27. The van der Waals surface area contributed by atoms with Crippen molar-refractivity contribution in [2.24, 2.45) is 0 Å². The van der Waals surface area contributed by atoms with Crippen LogP contribution in [0.5, 0.6) is 0 Å². The second kappa shape index (κ2) is 8.59. The quantitative estimate of drug-likeness (QED) is 0.296. The van der Waals surface area contributed by atoms with E-state index in [-0.39, 0.29) is 5.82 Å². The van der Waals surface area contributed by atoms with E-state index in [9.17, 15) is 4.39 Å². The lowest BCUT2D eigenvalue weighted by atomic mass is 10.2. The maximum atomic E-state index is 13.1. The minimum atomic E-state index is -0.318. The van der Waals surface area contributed by atoms with Crippen molar-refractivity contribution in [2.45, 2.75) is 17.5 Å². The molecule has 29 heavy (non-hydrogen) atoms. The Morgan fingerprint density at radius 3 is 2.52 bits per heavy atom. The van der Waals surface area contributed by atoms with Crippen molar-refractivity contribution in [3.63, 3.8) is 0 Å². The smallest absolute Gasteiger partial charge is 0.257 e. The van der Waals surface area contributed by atoms with Crippen molar-refractivity contribution >= 4 is 23.4 Å². The van der Waals surface area contributed by atoms with E-state index < -0.39 is 0 Å². The van der Waals surface area contributed by atoms with E-state index >= 15 is 0 Å². The molecule has 0 unspecified atom stereocenters. The normalized spacial score (nSPS) is 11.0. The molecule has 2 aromatic heterocycles. The largest absolute Gasteiger partial charge is 0.334 e. The number of thioether (sulfide) groups is 1. The standard InChI is InChI=1S/C20H15ClFN5OS/c1-2-11-27-18(13-3-7-15(21)8-4-13)24-25-20(27)29-12-17-23-19(28-26-17)14-5-9-16(22)10-6-14/h2-10H,1,11-12H2. The van der Waals surface area contributed by atoms with Gasteiger partial charge in [0.15, 0.2) is 16.8 Å². The molecule has 0 bridgehead atoms. The average Bonchev–Trinajstić information content (AvgIpc) is 3.35. The van der Waals surface area contributed by atoms with Crippen LogP contribution in [-0.2, 0) is 12.3 Å². The molecule has 0 aliphatic heterocycles. The van der Waals surface area contributed by atoms with E-state index in [1.165, 1.54) is 23.9 Å². The van der Waals surface area contributed by atoms with Crippen molar-refractivity contribution in [1.82, 2.24) is 24.9 Å². The highest BCUT2D eigenvalue weighted by Gasteiger charge is 2.16. The fraction of sp³-hybridized carbons (Fsp3) is 0.100. The molecule has 2 aromatic carbocycles. The van der Waals surface area contributed by atoms with Crippen LogP contribution in [0.25, 0.3) is 22.8 Å². The number of aromatic nitrogens is 5. The first kappa shape index (κ1) is 19.4. The molecule has 4 aromatic rings. The Labute approximate surface area is 175 Å². The molecule has 4 rings (SSSR count). The third kappa shape index (κ3) is 4.38. The van der Waals surface area contributed by atoms with Gasteiger partial charge in [0.1, 0.15) is 5.82 Å². The molecular formula is C20H15ClFN5OS. The summed E-state index contributed by atoms with van der Waals surface area (Å²) in [5.41, 5.74) is 1.57. The molecule has 0 fully saturated rings. The Morgan fingerprint density at radius 1 is 1.07 bits per heavy atom. The van der Waals surface area contributed by atoms with Gasteiger partial charge in [-0.2, -0.15) is 4.98 Å². The molecule has 2 heterocycles. The molecule has 0 spiro atoms. The molecule has 0 radical (unpaired) electrons. The Morgan fingerprint density at radius 2 is 1.79 bits per heavy atom. The Bertz CT molecular complexity index is 1120. The molecule has 6 nitrogen and oxygen atoms in total. The third-order valence-corrected chi connectivity index (χ3v) is 5.24. The van der Waals surface area contributed by atoms with Crippen LogP contribution in [0.15, 0.2) is 70.9 Å². The highest BCUT2D eigenvalue weighted by Crippen LogP contribution is 2.27. The highest BCUT2D eigenvalue weighted by molar-refractivity contribution is 7.98. The first-order valence-corrected chi connectivity index (χ1v) is 10.0. The summed E-state index contributed by atoms with van der Waals surface area (Å²) in [6, 6.07) is 13.3. The number of allylic oxidation sites excluding steroid dienone is 1. The van der Waals surface area contributed by atoms with Gasteiger partial charge in [0.05, 0.1) is 5.75 Å². The van der Waals surface area contributed by atoms with E-state index in [0.29, 0.717) is 39.8 Å². The first-order chi connectivity index (χ1) is 14.1. The van der Waals surface area contributed by atoms with Gasteiger partial charge in [-0.25, -0.2) is 4.39 Å². The van der Waals surface area contributed by atoms with Gasteiger partial charge >= 0.3 is 0 Å². The molecular weight excluding hydrogens is 413 g/mol. The topological polar surface area (TPSA) is 69.6 Å². The van der Waals surface area contributed by atoms with E-state index in [1.807, 2.05) is 28.8 Å². The van der Waals surface area contributed by atoms with E-state index in [0.717, 1.165) is 11.4 Å². The number of halogens is 2. The molecule has 0 aliphatic rings. The number of benzene rings is 2. The average molecular weight is 428 g/mol. The van der Waals surface area contributed by atoms with Gasteiger partial charge in [-0.15, -0.1) is 16.8 Å². The van der Waals surface area contributed by atoms with Gasteiger partial charge in [-0.1, -0.05) is 34.6 Å². The molecule has 0 saturated carbocycles. The van der Waals surface area contributed by atoms with Crippen molar-refractivity contribution in [1.29, 1.82) is 0 Å². The summed E-state index contributed by atoms with van der Waals surface area (Å²) in [5.74, 6) is 1.71. The monoisotopic (exact) mass is 427 g/mol. The Balaban J connectivity index is 1.52. The van der Waals surface area contributed by atoms with Crippen LogP contribution in [0, 0.1) is 5.82 Å². The zero-order chi connectivity index (χ0) is 20.2. The van der Waals surface area contributed by atoms with Crippen LogP contribution >= 0.6 is 23.4 Å². The minimum absolute atomic E-state index is 0.318. The SMILES string of the molecule is C=CCn1c(SCc2noc(-c3ccc(F)cc3)n2)nnc1-c1ccc(Cl)cc1. The van der Waals surface area contributed by atoms with Gasteiger partial charge in [0.2, 0.25) is 0 Å². The second-order valence-corrected chi connectivity index (χ2v) is 7.40. The van der Waals surface area contributed by atoms with Crippen LogP contribution in [0.4, 0.5) is 4.39 Å². The molecule has 0 amide bonds. The van der Waals surface area contributed by atoms with E-state index in [1.54, 1.807) is 18.2 Å². The third-order valence-electron chi connectivity index (χ3n) is 4.02. The fourth-order valence-corrected chi connectivity index (χ4v) is 3.57. The Kier molecular flexibility index (Phi) is 5.73. The van der Waals surface area contributed by atoms with Gasteiger partial charge < -0.3 is 4.52 Å². The first-order valence-electron chi connectivity index (χ1n) is 8.65. The van der Waals surface area contributed by atoms with E-state index in [2.05, 4.69) is 26.9 Å². The maximum absolute atomic E-state index is 13.1. The van der Waals surface area contributed by atoms with Crippen LogP contribution in [0.3, 0.4) is 0 Å². The summed E-state index contributed by atoms with van der Waals surface area (Å²) in [4.78, 5) is 4.36. The molecule has 9 heteroatoms. The number of hydrogen-bond donors (Lipinski definition) is 0. The van der Waals surface area contributed by atoms with Crippen molar-refractivity contribution in [3.8, 4) is 22.8 Å². The van der Waals surface area contributed by atoms with Crippen molar-refractivity contribution < 1.29 is 8.91 Å². The highest BCUT2D eigenvalue weighted by atomic mass is 35.5. The molecule has 0 saturated heterocycles. The maximum Gasteiger partial charge on any atom is 0.257 e. The summed E-state index contributed by atoms with van der Waals surface area (Å²) in [6.45, 7) is 4.37. The van der Waals surface area contributed by atoms with Crippen LogP contribution < -0.4 is 0 Å². The van der Waals surface area contributed by atoms with Gasteiger partial charge in [-0.3, -0.25) is 4.57 Å². The van der Waals surface area contributed by atoms with E-state index in [4.69, 9.17) is 16.1 Å². The van der Waals surface area contributed by atoms with Gasteiger partial charge in [0, 0.05) is 22.7 Å². The number of nitrogens with zero attached hydrogens (tertiary/aromatic N) is 5. The zero-order valence-electron chi connectivity index (χ0n) is 15.1. The van der Waals surface area contributed by atoms with Crippen molar-refractivity contribution in [2.75, 3.05) is 0 Å². The molecule has 146 valence electrons. The zero-order valence-corrected chi connectivity index (χ0v) is 16.7. The lowest BCUT2D eigenvalue weighted by molar-refractivity contribution is 0.425. The lowest BCUT2D eigenvalue weighted by Gasteiger charge is -2.07. The Hall–Kier alpha value is -2.97. The van der Waals surface area contributed by atoms with Gasteiger partial charge in [0.25, 0.3) is 5.89 Å². The molecule has 0 aliphatic carbocycles. The number of rotatable bonds is 7. The summed E-state index contributed by atoms with van der Waals surface area (Å²) in [6.07, 6.45) is 1.79. The predicted molar refractivity (Wildman–Crippen MR) is 110 cm³/mol. The summed E-state index contributed by atoms with van der Waals surface area (Å²) >= 11 is 7.41. The summed E-state index contributed by atoms with van der Waals surface area (Å²) < 4.78 is 20.3. The van der Waals surface area contributed by atoms with Crippen molar-refractivity contribution in [3.05, 3.63) is 77.9 Å². The van der Waals surface area contributed by atoms with Crippen LogP contribution in [-0.4, -0.2) is 24.9 Å². The lowest BCUT2D eigenvalue weighted by Crippen LogP contribution is -2.00. The minimum Gasteiger partial charge on any atom is -0.334 e. The molecule has 0 atom stereocenters. The van der Waals surface area contributed by atoms with Crippen LogP contribution in [0.1, 0.15) is 5.82 Å². The molecule has 0 N–H and O–H groups in total. The summed E-state index contributed by atoms with van der Waals surface area (Å²) in [5, 5.41) is 14.0. The summed E-state index contributed by atoms with van der Waals surface area (Å²) in [7, 11) is 0.